The summed E-state index contributed by atoms with van der Waals surface area (Å²) >= 11 is 1.54. The maximum absolute atomic E-state index is 4.77. The number of hydrogen-bond donors (Lipinski definition) is 0. The van der Waals surface area contributed by atoms with Gasteiger partial charge in [-0.05, 0) is 19.3 Å². The second kappa shape index (κ2) is 6.46. The van der Waals surface area contributed by atoms with E-state index in [0.29, 0.717) is 5.92 Å². The molecule has 0 atom stereocenters. The van der Waals surface area contributed by atoms with E-state index in [2.05, 4.69) is 40.7 Å². The molecule has 1 saturated carbocycles. The summed E-state index contributed by atoms with van der Waals surface area (Å²) < 4.78 is 6.61. The molecule has 0 radical (unpaired) electrons. The van der Waals surface area contributed by atoms with Crippen LogP contribution >= 0.6 is 11.5 Å². The number of rotatable bonds is 4. The minimum atomic E-state index is 0.617. The van der Waals surface area contributed by atoms with Gasteiger partial charge in [-0.15, -0.1) is 10.2 Å². The molecule has 0 spiro atoms. The van der Waals surface area contributed by atoms with Crippen LogP contribution in [0.4, 0.5) is 10.9 Å². The molecule has 5 rings (SSSR count). The van der Waals surface area contributed by atoms with E-state index in [9.17, 15) is 0 Å². The van der Waals surface area contributed by atoms with E-state index in [1.807, 2.05) is 12.4 Å². The molecule has 3 aromatic heterocycles. The summed E-state index contributed by atoms with van der Waals surface area (Å²) in [5, 5.41) is 9.74. The van der Waals surface area contributed by atoms with Crippen molar-refractivity contribution in [1.29, 1.82) is 0 Å². The minimum Gasteiger partial charge on any atom is -0.352 e. The van der Waals surface area contributed by atoms with Gasteiger partial charge in [0.05, 0.1) is 0 Å². The monoisotopic (exact) mass is 370 g/mol. The summed E-state index contributed by atoms with van der Waals surface area (Å²) in [6, 6.07) is 0. The molecule has 0 N–H and O–H groups in total. The summed E-state index contributed by atoms with van der Waals surface area (Å²) in [6.07, 6.45) is 8.21. The van der Waals surface area contributed by atoms with Crippen molar-refractivity contribution in [3.05, 3.63) is 24.0 Å². The smallest absolute Gasteiger partial charge is 0.205 e. The maximum atomic E-state index is 4.77. The zero-order valence-electron chi connectivity index (χ0n) is 14.9. The molecule has 0 unspecified atom stereocenters. The summed E-state index contributed by atoms with van der Waals surface area (Å²) in [5.41, 5.74) is 0.852. The lowest BCUT2D eigenvalue weighted by Crippen LogP contribution is -2.31. The second-order valence-corrected chi connectivity index (χ2v) is 7.68. The fourth-order valence-corrected chi connectivity index (χ4v) is 4.31. The number of anilines is 2. The van der Waals surface area contributed by atoms with Crippen LogP contribution in [0.1, 0.15) is 43.8 Å². The number of hydrogen-bond acceptors (Lipinski definition) is 8. The Labute approximate surface area is 156 Å². The lowest BCUT2D eigenvalue weighted by molar-refractivity contribution is 0.794. The highest BCUT2D eigenvalue weighted by Gasteiger charge is 2.29. The van der Waals surface area contributed by atoms with Gasteiger partial charge in [0.15, 0.2) is 5.82 Å². The lowest BCUT2D eigenvalue weighted by Gasteiger charge is -2.22. The fraction of sp³-hybridized carbons (Fsp3) is 0.588. The molecule has 2 aliphatic rings. The van der Waals surface area contributed by atoms with Gasteiger partial charge in [-0.2, -0.15) is 4.37 Å². The molecule has 1 saturated heterocycles. The topological polar surface area (TPSA) is 75.3 Å². The van der Waals surface area contributed by atoms with Crippen molar-refractivity contribution >= 4 is 28.1 Å². The average molecular weight is 370 g/mol. The van der Waals surface area contributed by atoms with E-state index in [4.69, 9.17) is 4.98 Å². The van der Waals surface area contributed by atoms with E-state index in [1.165, 1.54) is 12.8 Å². The first-order chi connectivity index (χ1) is 12.8. The fourth-order valence-electron chi connectivity index (χ4n) is 3.51. The third kappa shape index (κ3) is 2.80. The quantitative estimate of drug-likeness (QED) is 0.696. The van der Waals surface area contributed by atoms with Crippen molar-refractivity contribution in [2.24, 2.45) is 0 Å². The first-order valence-corrected chi connectivity index (χ1v) is 10.1. The van der Waals surface area contributed by atoms with Gasteiger partial charge < -0.3 is 9.80 Å². The molecular formula is C17H22N8S. The Balaban J connectivity index is 1.36. The first-order valence-electron chi connectivity index (χ1n) is 9.35. The summed E-state index contributed by atoms with van der Waals surface area (Å²) in [6.45, 7) is 5.89. The van der Waals surface area contributed by atoms with Crippen LogP contribution in [-0.2, 0) is 6.42 Å². The Bertz CT molecular complexity index is 915. The highest BCUT2D eigenvalue weighted by Crippen LogP contribution is 2.39. The van der Waals surface area contributed by atoms with Crippen molar-refractivity contribution in [2.75, 3.05) is 36.0 Å². The zero-order valence-corrected chi connectivity index (χ0v) is 15.7. The van der Waals surface area contributed by atoms with E-state index >= 15 is 0 Å². The van der Waals surface area contributed by atoms with Gasteiger partial charge in [-0.25, -0.2) is 9.97 Å². The summed E-state index contributed by atoms with van der Waals surface area (Å²) in [4.78, 5) is 14.1. The Kier molecular flexibility index (Phi) is 3.96. The first kappa shape index (κ1) is 15.9. The van der Waals surface area contributed by atoms with Crippen molar-refractivity contribution in [3.63, 3.8) is 0 Å². The van der Waals surface area contributed by atoms with Crippen molar-refractivity contribution in [2.45, 2.75) is 38.5 Å². The predicted molar refractivity (Wildman–Crippen MR) is 101 cm³/mol. The van der Waals surface area contributed by atoms with Crippen molar-refractivity contribution < 1.29 is 0 Å². The van der Waals surface area contributed by atoms with Gasteiger partial charge in [0.25, 0.3) is 0 Å². The second-order valence-electron chi connectivity index (χ2n) is 6.95. The van der Waals surface area contributed by atoms with Crippen LogP contribution in [0, 0.1) is 0 Å². The molecule has 1 aliphatic heterocycles. The van der Waals surface area contributed by atoms with Gasteiger partial charge in [0.1, 0.15) is 11.6 Å². The molecule has 0 aromatic carbocycles. The Morgan fingerprint density at radius 3 is 2.81 bits per heavy atom. The standard InChI is InChI=1S/C17H22N8S/c1-2-13-20-21-16-15(18-6-9-25(13)16)23-7-3-8-24(11-10-23)17-19-14(22-26-17)12-4-5-12/h6,9,12H,2-5,7-8,10-11H2,1H3. The van der Waals surface area contributed by atoms with Crippen LogP contribution in [0.5, 0.6) is 0 Å². The SMILES string of the molecule is CCc1nnc2c(N3CCCN(c4nc(C5CC5)ns4)CC3)nccn12. The summed E-state index contributed by atoms with van der Waals surface area (Å²) in [7, 11) is 0. The van der Waals surface area contributed by atoms with Gasteiger partial charge in [-0.3, -0.25) is 4.40 Å². The molecule has 1 aliphatic carbocycles. The van der Waals surface area contributed by atoms with Crippen molar-refractivity contribution in [1.82, 2.24) is 28.9 Å². The largest absolute Gasteiger partial charge is 0.352 e. The van der Waals surface area contributed by atoms with Crippen LogP contribution in [0.3, 0.4) is 0 Å². The van der Waals surface area contributed by atoms with Gasteiger partial charge in [0.2, 0.25) is 10.8 Å². The molecule has 0 amide bonds. The molecule has 8 nitrogen and oxygen atoms in total. The Morgan fingerprint density at radius 2 is 1.96 bits per heavy atom. The lowest BCUT2D eigenvalue weighted by atomic mass is 10.4. The van der Waals surface area contributed by atoms with Crippen LogP contribution in [0.25, 0.3) is 5.65 Å². The van der Waals surface area contributed by atoms with Gasteiger partial charge >= 0.3 is 0 Å². The third-order valence-corrected chi connectivity index (χ3v) is 5.93. The van der Waals surface area contributed by atoms with E-state index in [-0.39, 0.29) is 0 Å². The average Bonchev–Trinajstić information content (AvgIpc) is 3.33. The Hall–Kier alpha value is -2.29. The normalized spacial score (nSPS) is 18.5. The molecule has 0 bridgehead atoms. The molecule has 9 heteroatoms. The number of fused-ring (bicyclic) bond motifs is 1. The number of nitrogens with zero attached hydrogens (tertiary/aromatic N) is 8. The molecule has 136 valence electrons. The molecule has 2 fully saturated rings. The molecule has 26 heavy (non-hydrogen) atoms. The van der Waals surface area contributed by atoms with Crippen LogP contribution in [0.15, 0.2) is 12.4 Å². The third-order valence-electron chi connectivity index (χ3n) is 5.13. The Morgan fingerprint density at radius 1 is 1.12 bits per heavy atom. The van der Waals surface area contributed by atoms with Crippen molar-refractivity contribution in [3.8, 4) is 0 Å². The van der Waals surface area contributed by atoms with Crippen LogP contribution in [-0.4, -0.2) is 55.1 Å². The highest BCUT2D eigenvalue weighted by atomic mass is 32.1. The number of aromatic nitrogens is 6. The van der Waals surface area contributed by atoms with E-state index in [1.54, 1.807) is 11.5 Å². The van der Waals surface area contributed by atoms with Gasteiger partial charge in [-0.1, -0.05) is 6.92 Å². The zero-order chi connectivity index (χ0) is 17.5. The number of aryl methyl sites for hydroxylation is 1. The van der Waals surface area contributed by atoms with E-state index < -0.39 is 0 Å². The predicted octanol–water partition coefficient (Wildman–Crippen LogP) is 2.13. The minimum absolute atomic E-state index is 0.617. The molecular weight excluding hydrogens is 348 g/mol. The van der Waals surface area contributed by atoms with E-state index in [0.717, 1.165) is 67.3 Å². The molecule has 3 aromatic rings. The highest BCUT2D eigenvalue weighted by molar-refractivity contribution is 7.09. The maximum Gasteiger partial charge on any atom is 0.205 e. The molecule has 4 heterocycles. The summed E-state index contributed by atoms with van der Waals surface area (Å²) in [5.74, 6) is 3.57. The van der Waals surface area contributed by atoms with Crippen LogP contribution in [0.2, 0.25) is 0 Å². The van der Waals surface area contributed by atoms with Gasteiger partial charge in [0, 0.05) is 62.4 Å². The van der Waals surface area contributed by atoms with Crippen LogP contribution < -0.4 is 9.80 Å².